The Kier molecular flexibility index (Phi) is 24.4. The molecule has 9 heteroatoms. The lowest BCUT2D eigenvalue weighted by atomic mass is 10.1. The fourth-order valence-electron chi connectivity index (χ4n) is 5.93. The second kappa shape index (κ2) is 24.8. The highest BCUT2D eigenvalue weighted by Crippen LogP contribution is 2.20. The number of aliphatic hydroxyl groups excluding tert-OH is 3. The van der Waals surface area contributed by atoms with E-state index in [4.69, 9.17) is 14.2 Å². The van der Waals surface area contributed by atoms with Crippen LogP contribution in [0.4, 0.5) is 0 Å². The van der Waals surface area contributed by atoms with Crippen LogP contribution in [0.25, 0.3) is 0 Å². The predicted octanol–water partition coefficient (Wildman–Crippen LogP) is 1.50. The minimum absolute atomic E-state index is 0.289. The van der Waals surface area contributed by atoms with Crippen LogP contribution < -0.4 is 4.90 Å². The molecule has 9 nitrogen and oxygen atoms in total. The van der Waals surface area contributed by atoms with Gasteiger partial charge in [0.15, 0.2) is 0 Å². The molecule has 0 amide bonds. The minimum Gasteiger partial charge on any atom is -0.385 e. The highest BCUT2D eigenvalue weighted by Gasteiger charge is 2.31. The van der Waals surface area contributed by atoms with E-state index >= 15 is 0 Å². The molecular formula is C32H70N3O6+3. The molecule has 2 fully saturated rings. The standard InChI is InChI=1S/C13H26NO2.C10H22NO2.C9H21NO2/c1-3-8-14(9-6-5-7-10-14)11-13(15)12-16-4-2;1-3-13-9-10(12)8-11(2)6-4-5-7-11;1-4-10(5-2)7-9(11)8-12-6-3/h3,13,15H,1,4-12H2,2H3;10,12H,3-9H2,1-2H3;9,11H,4-8H2,1-3H3/q2*+1;/p+1. The third-order valence-electron chi connectivity index (χ3n) is 8.24. The summed E-state index contributed by atoms with van der Waals surface area (Å²) in [6, 6.07) is 0. The van der Waals surface area contributed by atoms with E-state index in [9.17, 15) is 15.3 Å². The highest BCUT2D eigenvalue weighted by atomic mass is 16.5. The van der Waals surface area contributed by atoms with Crippen molar-refractivity contribution in [2.45, 2.75) is 85.0 Å². The van der Waals surface area contributed by atoms with Gasteiger partial charge in [-0.3, -0.25) is 0 Å². The number of likely N-dealkylation sites (tertiary alicyclic amines) is 2. The van der Waals surface area contributed by atoms with Crippen LogP contribution in [-0.2, 0) is 14.2 Å². The Balaban J connectivity index is 0.000000593. The number of ether oxygens (including phenoxy) is 3. The Morgan fingerprint density at radius 2 is 1.12 bits per heavy atom. The van der Waals surface area contributed by atoms with Gasteiger partial charge in [0.25, 0.3) is 0 Å². The molecule has 246 valence electrons. The quantitative estimate of drug-likeness (QED) is 0.134. The van der Waals surface area contributed by atoms with Crippen molar-refractivity contribution >= 4 is 0 Å². The molecule has 0 aromatic carbocycles. The second-order valence-corrected chi connectivity index (χ2v) is 12.1. The molecule has 2 aliphatic rings. The first kappa shape index (κ1) is 40.4. The Bertz CT molecular complexity index is 596. The van der Waals surface area contributed by atoms with E-state index in [-0.39, 0.29) is 18.3 Å². The second-order valence-electron chi connectivity index (χ2n) is 12.1. The van der Waals surface area contributed by atoms with Crippen molar-refractivity contribution in [3.63, 3.8) is 0 Å². The summed E-state index contributed by atoms with van der Waals surface area (Å²) >= 11 is 0. The summed E-state index contributed by atoms with van der Waals surface area (Å²) in [5.41, 5.74) is 0. The molecular weight excluding hydrogens is 522 g/mol. The lowest BCUT2D eigenvalue weighted by molar-refractivity contribution is -0.929. The zero-order valence-electron chi connectivity index (χ0n) is 27.8. The zero-order chi connectivity index (χ0) is 31.0. The van der Waals surface area contributed by atoms with E-state index in [1.54, 1.807) is 0 Å². The first-order valence-electron chi connectivity index (χ1n) is 16.5. The van der Waals surface area contributed by atoms with Crippen molar-refractivity contribution in [2.24, 2.45) is 0 Å². The van der Waals surface area contributed by atoms with Crippen molar-refractivity contribution < 1.29 is 43.4 Å². The van der Waals surface area contributed by atoms with E-state index < -0.39 is 0 Å². The van der Waals surface area contributed by atoms with Crippen molar-refractivity contribution in [2.75, 3.05) is 112 Å². The maximum Gasteiger partial charge on any atom is 0.126 e. The Morgan fingerprint density at radius 1 is 0.683 bits per heavy atom. The van der Waals surface area contributed by atoms with Gasteiger partial charge in [-0.25, -0.2) is 0 Å². The molecule has 0 aromatic heterocycles. The van der Waals surface area contributed by atoms with Crippen LogP contribution in [-0.4, -0.2) is 155 Å². The maximum absolute atomic E-state index is 9.95. The van der Waals surface area contributed by atoms with Gasteiger partial charge in [-0.2, -0.15) is 0 Å². The molecule has 3 atom stereocenters. The van der Waals surface area contributed by atoms with Crippen LogP contribution in [0, 0.1) is 0 Å². The number of quaternary nitrogens is 3. The molecule has 4 N–H and O–H groups in total. The van der Waals surface area contributed by atoms with Gasteiger partial charge in [-0.05, 0) is 60.0 Å². The highest BCUT2D eigenvalue weighted by molar-refractivity contribution is 4.70. The summed E-state index contributed by atoms with van der Waals surface area (Å²) < 4.78 is 17.6. The van der Waals surface area contributed by atoms with Gasteiger partial charge in [0.1, 0.15) is 37.9 Å². The summed E-state index contributed by atoms with van der Waals surface area (Å²) in [6.07, 6.45) is 7.54. The van der Waals surface area contributed by atoms with E-state index in [0.717, 1.165) is 48.2 Å². The summed E-state index contributed by atoms with van der Waals surface area (Å²) in [5, 5.41) is 29.1. The molecule has 0 radical (unpaired) electrons. The number of aliphatic hydroxyl groups is 3. The predicted molar refractivity (Wildman–Crippen MR) is 168 cm³/mol. The van der Waals surface area contributed by atoms with E-state index in [1.807, 2.05) is 26.8 Å². The number of nitrogens with one attached hydrogen (secondary N) is 1. The average Bonchev–Trinajstić information content (AvgIpc) is 3.39. The SMILES string of the molecule is C=CC[N+]1(CC(O)COCC)CCCCC1.CCOCC(O)C[N+]1(C)CCCC1.CCOCC(O)C[NH+](CC)CC. The van der Waals surface area contributed by atoms with Gasteiger partial charge in [-0.15, -0.1) is 0 Å². The third kappa shape index (κ3) is 20.1. The van der Waals surface area contributed by atoms with Crippen LogP contribution in [0.5, 0.6) is 0 Å². The molecule has 2 rings (SSSR count). The first-order chi connectivity index (χ1) is 19.6. The largest absolute Gasteiger partial charge is 0.385 e. The van der Waals surface area contributed by atoms with Crippen LogP contribution in [0.2, 0.25) is 0 Å². The molecule has 0 spiro atoms. The normalized spacial score (nSPS) is 19.9. The minimum atomic E-state index is -0.335. The van der Waals surface area contributed by atoms with Gasteiger partial charge >= 0.3 is 0 Å². The molecule has 41 heavy (non-hydrogen) atoms. The van der Waals surface area contributed by atoms with Gasteiger partial charge in [0.05, 0.1) is 72.7 Å². The van der Waals surface area contributed by atoms with Crippen molar-refractivity contribution in [3.8, 4) is 0 Å². The Labute approximate surface area is 253 Å². The monoisotopic (exact) mass is 593 g/mol. The zero-order valence-corrected chi connectivity index (χ0v) is 27.8. The van der Waals surface area contributed by atoms with Crippen molar-refractivity contribution in [1.82, 2.24) is 0 Å². The summed E-state index contributed by atoms with van der Waals surface area (Å²) in [5.74, 6) is 0. The van der Waals surface area contributed by atoms with Crippen LogP contribution in [0.1, 0.15) is 66.7 Å². The summed E-state index contributed by atoms with van der Waals surface area (Å²) in [6.45, 7) is 27.8. The van der Waals surface area contributed by atoms with Gasteiger partial charge in [-0.1, -0.05) is 6.58 Å². The number of piperidine rings is 1. The molecule has 2 saturated heterocycles. The van der Waals surface area contributed by atoms with Crippen molar-refractivity contribution in [1.29, 1.82) is 0 Å². The Hall–Kier alpha value is -0.620. The molecule has 2 aliphatic heterocycles. The first-order valence-corrected chi connectivity index (χ1v) is 16.5. The molecule has 0 bridgehead atoms. The van der Waals surface area contributed by atoms with Crippen LogP contribution in [0.15, 0.2) is 12.7 Å². The fourth-order valence-corrected chi connectivity index (χ4v) is 5.93. The molecule has 3 unspecified atom stereocenters. The lowest BCUT2D eigenvalue weighted by Crippen LogP contribution is -3.12. The molecule has 0 aliphatic carbocycles. The third-order valence-corrected chi connectivity index (χ3v) is 8.24. The smallest absolute Gasteiger partial charge is 0.126 e. The van der Waals surface area contributed by atoms with E-state index in [2.05, 4.69) is 27.5 Å². The fraction of sp³-hybridized carbons (Fsp3) is 0.938. The number of rotatable bonds is 19. The van der Waals surface area contributed by atoms with Gasteiger partial charge in [0, 0.05) is 32.7 Å². The van der Waals surface area contributed by atoms with Crippen molar-refractivity contribution in [3.05, 3.63) is 12.7 Å². The number of hydrogen-bond donors (Lipinski definition) is 4. The number of hydrogen-bond acceptors (Lipinski definition) is 6. The topological polar surface area (TPSA) is 92.8 Å². The van der Waals surface area contributed by atoms with Gasteiger partial charge < -0.3 is 43.4 Å². The van der Waals surface area contributed by atoms with E-state index in [1.165, 1.54) is 63.2 Å². The van der Waals surface area contributed by atoms with Gasteiger partial charge in [0.2, 0.25) is 0 Å². The Morgan fingerprint density at radius 3 is 1.56 bits per heavy atom. The number of likely N-dealkylation sites (N-methyl/N-ethyl adjacent to an activating group) is 2. The lowest BCUT2D eigenvalue weighted by Gasteiger charge is -2.42. The maximum atomic E-state index is 9.95. The summed E-state index contributed by atoms with van der Waals surface area (Å²) in [7, 11) is 2.22. The summed E-state index contributed by atoms with van der Waals surface area (Å²) in [4.78, 5) is 1.42. The van der Waals surface area contributed by atoms with Crippen LogP contribution in [0.3, 0.4) is 0 Å². The van der Waals surface area contributed by atoms with Crippen LogP contribution >= 0.6 is 0 Å². The average molecular weight is 593 g/mol. The molecule has 0 saturated carbocycles. The molecule has 0 aromatic rings. The number of nitrogens with zero attached hydrogens (tertiary/aromatic N) is 2. The van der Waals surface area contributed by atoms with E-state index in [0.29, 0.717) is 39.6 Å². The molecule has 2 heterocycles.